The van der Waals surface area contributed by atoms with Gasteiger partial charge in [0, 0.05) is 6.42 Å². The molecular formula is C18H20O4. The van der Waals surface area contributed by atoms with E-state index in [2.05, 4.69) is 0 Å². The van der Waals surface area contributed by atoms with Crippen LogP contribution in [0.3, 0.4) is 0 Å². The number of benzene rings is 2. The van der Waals surface area contributed by atoms with Crippen LogP contribution in [0.5, 0.6) is 11.5 Å². The van der Waals surface area contributed by atoms with Gasteiger partial charge in [0.15, 0.2) is 0 Å². The molecule has 0 saturated carbocycles. The van der Waals surface area contributed by atoms with E-state index in [0.29, 0.717) is 31.1 Å². The summed E-state index contributed by atoms with van der Waals surface area (Å²) in [6, 6.07) is 16.7. The van der Waals surface area contributed by atoms with Crippen molar-refractivity contribution in [1.82, 2.24) is 0 Å². The highest BCUT2D eigenvalue weighted by Crippen LogP contribution is 2.15. The van der Waals surface area contributed by atoms with Crippen LogP contribution in [-0.2, 0) is 4.74 Å². The van der Waals surface area contributed by atoms with E-state index in [4.69, 9.17) is 14.2 Å². The van der Waals surface area contributed by atoms with Crippen LogP contribution in [0.15, 0.2) is 54.6 Å². The molecule has 0 aliphatic carbocycles. The van der Waals surface area contributed by atoms with Gasteiger partial charge < -0.3 is 14.2 Å². The quantitative estimate of drug-likeness (QED) is 0.550. The highest BCUT2D eigenvalue weighted by molar-refractivity contribution is 5.89. The highest BCUT2D eigenvalue weighted by atomic mass is 16.5. The standard InChI is InChI=1S/C18H20O4/c1-2-20-18(19)15-8-6-11-17(14-15)22-13-7-12-21-16-9-4-3-5-10-16/h3-6,8-11,14H,2,7,12-13H2,1H3. The van der Waals surface area contributed by atoms with Crippen LogP contribution in [0.25, 0.3) is 0 Å². The fourth-order valence-corrected chi connectivity index (χ4v) is 1.88. The van der Waals surface area contributed by atoms with E-state index in [1.165, 1.54) is 0 Å². The van der Waals surface area contributed by atoms with Crippen molar-refractivity contribution >= 4 is 5.97 Å². The minimum atomic E-state index is -0.333. The molecule has 0 unspecified atom stereocenters. The minimum Gasteiger partial charge on any atom is -0.493 e. The Labute approximate surface area is 130 Å². The number of hydrogen-bond donors (Lipinski definition) is 0. The summed E-state index contributed by atoms with van der Waals surface area (Å²) in [5, 5.41) is 0. The molecule has 0 atom stereocenters. The molecule has 116 valence electrons. The van der Waals surface area contributed by atoms with Gasteiger partial charge in [0.05, 0.1) is 25.4 Å². The average Bonchev–Trinajstić information content (AvgIpc) is 2.56. The third-order valence-electron chi connectivity index (χ3n) is 2.91. The summed E-state index contributed by atoms with van der Waals surface area (Å²) in [6.07, 6.45) is 0.762. The topological polar surface area (TPSA) is 44.8 Å². The summed E-state index contributed by atoms with van der Waals surface area (Å²) in [7, 11) is 0. The van der Waals surface area contributed by atoms with Gasteiger partial charge in [-0.15, -0.1) is 0 Å². The minimum absolute atomic E-state index is 0.333. The highest BCUT2D eigenvalue weighted by Gasteiger charge is 2.07. The predicted molar refractivity (Wildman–Crippen MR) is 84.4 cm³/mol. The Morgan fingerprint density at radius 3 is 2.32 bits per heavy atom. The number of para-hydroxylation sites is 1. The summed E-state index contributed by atoms with van der Waals surface area (Å²) in [6.45, 7) is 3.26. The molecule has 2 rings (SSSR count). The second-order valence-electron chi connectivity index (χ2n) is 4.61. The lowest BCUT2D eigenvalue weighted by molar-refractivity contribution is 0.0526. The Hall–Kier alpha value is -2.49. The molecule has 0 N–H and O–H groups in total. The van der Waals surface area contributed by atoms with Crippen LogP contribution >= 0.6 is 0 Å². The fraction of sp³-hybridized carbons (Fsp3) is 0.278. The Morgan fingerprint density at radius 2 is 1.59 bits per heavy atom. The molecule has 0 fully saturated rings. The largest absolute Gasteiger partial charge is 0.493 e. The number of rotatable bonds is 8. The second kappa shape index (κ2) is 8.72. The molecule has 0 aliphatic rings. The normalized spacial score (nSPS) is 10.0. The van der Waals surface area contributed by atoms with Crippen molar-refractivity contribution in [2.75, 3.05) is 19.8 Å². The molecule has 4 nitrogen and oxygen atoms in total. The molecule has 0 radical (unpaired) electrons. The Balaban J connectivity index is 1.73. The monoisotopic (exact) mass is 300 g/mol. The summed E-state index contributed by atoms with van der Waals surface area (Å²) < 4.78 is 16.2. The third-order valence-corrected chi connectivity index (χ3v) is 2.91. The molecule has 0 spiro atoms. The number of ether oxygens (including phenoxy) is 3. The van der Waals surface area contributed by atoms with Gasteiger partial charge in [-0.3, -0.25) is 0 Å². The molecule has 4 heteroatoms. The smallest absolute Gasteiger partial charge is 0.338 e. The lowest BCUT2D eigenvalue weighted by Crippen LogP contribution is -2.07. The van der Waals surface area contributed by atoms with Crippen LogP contribution in [0.4, 0.5) is 0 Å². The van der Waals surface area contributed by atoms with Gasteiger partial charge in [0.25, 0.3) is 0 Å². The van der Waals surface area contributed by atoms with Crippen LogP contribution in [-0.4, -0.2) is 25.8 Å². The van der Waals surface area contributed by atoms with E-state index in [9.17, 15) is 4.79 Å². The van der Waals surface area contributed by atoms with Crippen molar-refractivity contribution in [2.24, 2.45) is 0 Å². The Kier molecular flexibility index (Phi) is 6.30. The molecule has 0 aromatic heterocycles. The van der Waals surface area contributed by atoms with Gasteiger partial charge in [0.1, 0.15) is 11.5 Å². The first kappa shape index (κ1) is 15.9. The van der Waals surface area contributed by atoms with Crippen molar-refractivity contribution in [1.29, 1.82) is 0 Å². The van der Waals surface area contributed by atoms with E-state index in [1.807, 2.05) is 36.4 Å². The number of esters is 1. The number of hydrogen-bond acceptors (Lipinski definition) is 4. The van der Waals surface area contributed by atoms with E-state index < -0.39 is 0 Å². The maximum Gasteiger partial charge on any atom is 0.338 e. The summed E-state index contributed by atoms with van der Waals surface area (Å²) in [4.78, 5) is 11.6. The molecule has 22 heavy (non-hydrogen) atoms. The fourth-order valence-electron chi connectivity index (χ4n) is 1.88. The molecule has 0 saturated heterocycles. The number of carbonyl (C=O) groups excluding carboxylic acids is 1. The molecule has 0 heterocycles. The maximum atomic E-state index is 11.6. The van der Waals surface area contributed by atoms with Gasteiger partial charge in [0.2, 0.25) is 0 Å². The molecule has 2 aromatic carbocycles. The van der Waals surface area contributed by atoms with Gasteiger partial charge >= 0.3 is 5.97 Å². The zero-order valence-corrected chi connectivity index (χ0v) is 12.7. The van der Waals surface area contributed by atoms with Crippen molar-refractivity contribution in [2.45, 2.75) is 13.3 Å². The van der Waals surface area contributed by atoms with Gasteiger partial charge in [-0.05, 0) is 37.3 Å². The van der Waals surface area contributed by atoms with Gasteiger partial charge in [-0.25, -0.2) is 4.79 Å². The Bertz CT molecular complexity index is 581. The second-order valence-corrected chi connectivity index (χ2v) is 4.61. The van der Waals surface area contributed by atoms with Crippen LogP contribution < -0.4 is 9.47 Å². The number of carbonyl (C=O) groups is 1. The SMILES string of the molecule is CCOC(=O)c1cccc(OCCCOc2ccccc2)c1. The summed E-state index contributed by atoms with van der Waals surface area (Å²) >= 11 is 0. The Morgan fingerprint density at radius 1 is 0.909 bits per heavy atom. The van der Waals surface area contributed by atoms with E-state index in [-0.39, 0.29) is 5.97 Å². The lowest BCUT2D eigenvalue weighted by atomic mass is 10.2. The lowest BCUT2D eigenvalue weighted by Gasteiger charge is -2.09. The van der Waals surface area contributed by atoms with E-state index in [0.717, 1.165) is 12.2 Å². The summed E-state index contributed by atoms with van der Waals surface area (Å²) in [5.41, 5.74) is 0.500. The molecule has 0 bridgehead atoms. The van der Waals surface area contributed by atoms with Crippen molar-refractivity contribution in [3.8, 4) is 11.5 Å². The predicted octanol–water partition coefficient (Wildman–Crippen LogP) is 3.71. The van der Waals surface area contributed by atoms with E-state index >= 15 is 0 Å². The van der Waals surface area contributed by atoms with Crippen LogP contribution in [0, 0.1) is 0 Å². The molecule has 0 aliphatic heterocycles. The van der Waals surface area contributed by atoms with Crippen molar-refractivity contribution in [3.05, 3.63) is 60.2 Å². The van der Waals surface area contributed by atoms with Crippen molar-refractivity contribution < 1.29 is 19.0 Å². The van der Waals surface area contributed by atoms with Crippen LogP contribution in [0.1, 0.15) is 23.7 Å². The molecular weight excluding hydrogens is 280 g/mol. The first-order chi connectivity index (χ1) is 10.8. The summed E-state index contributed by atoms with van der Waals surface area (Å²) in [5.74, 6) is 1.18. The first-order valence-corrected chi connectivity index (χ1v) is 7.37. The zero-order valence-electron chi connectivity index (χ0n) is 12.7. The average molecular weight is 300 g/mol. The first-order valence-electron chi connectivity index (χ1n) is 7.37. The van der Waals surface area contributed by atoms with E-state index in [1.54, 1.807) is 25.1 Å². The third kappa shape index (κ3) is 5.13. The van der Waals surface area contributed by atoms with Crippen molar-refractivity contribution in [3.63, 3.8) is 0 Å². The maximum absolute atomic E-state index is 11.6. The zero-order chi connectivity index (χ0) is 15.6. The molecule has 0 amide bonds. The van der Waals surface area contributed by atoms with Crippen LogP contribution in [0.2, 0.25) is 0 Å². The van der Waals surface area contributed by atoms with Gasteiger partial charge in [-0.1, -0.05) is 24.3 Å². The molecule has 2 aromatic rings. The van der Waals surface area contributed by atoms with Gasteiger partial charge in [-0.2, -0.15) is 0 Å².